The van der Waals surface area contributed by atoms with Gasteiger partial charge in [-0.15, -0.1) is 0 Å². The van der Waals surface area contributed by atoms with Crippen molar-refractivity contribution in [2.75, 3.05) is 5.73 Å². The Morgan fingerprint density at radius 2 is 1.92 bits per heavy atom. The second kappa shape index (κ2) is 5.54. The standard InChI is InChI=1S/C16H17F3N4O/c1-23-13(16(17,18)19)12(9-21-23)14(24)22-15(7-2-8-15)10-3-5-11(20)6-4-10/h3-6,9H,2,7-8,20H2,1H3,(H,22,24). The van der Waals surface area contributed by atoms with Crippen molar-refractivity contribution in [3.05, 3.63) is 47.3 Å². The Balaban J connectivity index is 1.90. The van der Waals surface area contributed by atoms with Gasteiger partial charge in [0.2, 0.25) is 0 Å². The van der Waals surface area contributed by atoms with E-state index in [9.17, 15) is 18.0 Å². The number of carbonyl (C=O) groups excluding carboxylic acids is 1. The number of nitrogens with one attached hydrogen (secondary N) is 1. The van der Waals surface area contributed by atoms with Crippen LogP contribution in [0.4, 0.5) is 18.9 Å². The number of nitrogens with zero attached hydrogens (tertiary/aromatic N) is 2. The summed E-state index contributed by atoms with van der Waals surface area (Å²) in [6.45, 7) is 0. The molecule has 0 aliphatic heterocycles. The molecule has 0 radical (unpaired) electrons. The predicted molar refractivity (Wildman–Crippen MR) is 82.1 cm³/mol. The molecule has 0 saturated heterocycles. The fourth-order valence-electron chi connectivity index (χ4n) is 3.04. The summed E-state index contributed by atoms with van der Waals surface area (Å²) in [5.41, 5.74) is 4.93. The molecule has 0 atom stereocenters. The van der Waals surface area contributed by atoms with E-state index in [4.69, 9.17) is 5.73 Å². The third-order valence-corrected chi connectivity index (χ3v) is 4.48. The number of amides is 1. The molecule has 1 aromatic heterocycles. The zero-order chi connectivity index (χ0) is 17.5. The molecular weight excluding hydrogens is 321 g/mol. The third-order valence-electron chi connectivity index (χ3n) is 4.48. The maximum atomic E-state index is 13.1. The highest BCUT2D eigenvalue weighted by molar-refractivity contribution is 5.96. The average molecular weight is 338 g/mol. The molecule has 24 heavy (non-hydrogen) atoms. The highest BCUT2D eigenvalue weighted by Gasteiger charge is 2.43. The summed E-state index contributed by atoms with van der Waals surface area (Å²) >= 11 is 0. The molecule has 1 heterocycles. The fourth-order valence-corrected chi connectivity index (χ4v) is 3.04. The van der Waals surface area contributed by atoms with Crippen LogP contribution >= 0.6 is 0 Å². The van der Waals surface area contributed by atoms with Crippen molar-refractivity contribution in [3.63, 3.8) is 0 Å². The lowest BCUT2D eigenvalue weighted by atomic mass is 9.71. The Hall–Kier alpha value is -2.51. The maximum Gasteiger partial charge on any atom is 0.433 e. The third kappa shape index (κ3) is 2.72. The van der Waals surface area contributed by atoms with Crippen LogP contribution in [0.2, 0.25) is 0 Å². The van der Waals surface area contributed by atoms with Crippen LogP contribution in [-0.4, -0.2) is 15.7 Å². The van der Waals surface area contributed by atoms with Crippen LogP contribution in [-0.2, 0) is 18.8 Å². The summed E-state index contributed by atoms with van der Waals surface area (Å²) in [5, 5.41) is 6.36. The number of rotatable bonds is 3. The molecule has 1 aliphatic carbocycles. The molecule has 1 aliphatic rings. The van der Waals surface area contributed by atoms with Crippen molar-refractivity contribution >= 4 is 11.6 Å². The average Bonchev–Trinajstić information content (AvgIpc) is 2.86. The van der Waals surface area contributed by atoms with Crippen LogP contribution in [0.1, 0.15) is 40.9 Å². The lowest BCUT2D eigenvalue weighted by Gasteiger charge is -2.43. The molecule has 128 valence electrons. The summed E-state index contributed by atoms with van der Waals surface area (Å²) in [5.74, 6) is -0.771. The normalized spacial score (nSPS) is 16.5. The van der Waals surface area contributed by atoms with E-state index in [-0.39, 0.29) is 0 Å². The fraction of sp³-hybridized carbons (Fsp3) is 0.375. The molecule has 1 saturated carbocycles. The van der Waals surface area contributed by atoms with E-state index in [0.29, 0.717) is 23.2 Å². The SMILES string of the molecule is Cn1ncc(C(=O)NC2(c3ccc(N)cc3)CCC2)c1C(F)(F)F. The number of nitrogens with two attached hydrogens (primary N) is 1. The van der Waals surface area contributed by atoms with E-state index in [2.05, 4.69) is 10.4 Å². The van der Waals surface area contributed by atoms with Gasteiger partial charge in [-0.1, -0.05) is 12.1 Å². The number of aryl methyl sites for hydroxylation is 1. The molecular formula is C16H17F3N4O. The molecule has 0 bridgehead atoms. The summed E-state index contributed by atoms with van der Waals surface area (Å²) in [6.07, 6.45) is -1.46. The minimum atomic E-state index is -4.65. The number of alkyl halides is 3. The summed E-state index contributed by atoms with van der Waals surface area (Å²) in [7, 11) is 1.17. The van der Waals surface area contributed by atoms with E-state index in [0.717, 1.165) is 18.2 Å². The van der Waals surface area contributed by atoms with Gasteiger partial charge >= 0.3 is 6.18 Å². The first-order chi connectivity index (χ1) is 11.2. The van der Waals surface area contributed by atoms with Gasteiger partial charge in [0.25, 0.3) is 5.91 Å². The second-order valence-electron chi connectivity index (χ2n) is 6.04. The van der Waals surface area contributed by atoms with Crippen molar-refractivity contribution in [1.82, 2.24) is 15.1 Å². The number of carbonyl (C=O) groups is 1. The molecule has 5 nitrogen and oxygen atoms in total. The van der Waals surface area contributed by atoms with Crippen LogP contribution in [0, 0.1) is 0 Å². The molecule has 8 heteroatoms. The van der Waals surface area contributed by atoms with Crippen molar-refractivity contribution < 1.29 is 18.0 Å². The van der Waals surface area contributed by atoms with Gasteiger partial charge in [0.05, 0.1) is 17.3 Å². The van der Waals surface area contributed by atoms with Gasteiger partial charge in [-0.05, 0) is 37.0 Å². The second-order valence-corrected chi connectivity index (χ2v) is 6.04. The molecule has 1 amide bonds. The first-order valence-electron chi connectivity index (χ1n) is 7.51. The molecule has 0 spiro atoms. The summed E-state index contributed by atoms with van der Waals surface area (Å²) < 4.78 is 40.1. The van der Waals surface area contributed by atoms with Gasteiger partial charge in [-0.25, -0.2) is 0 Å². The van der Waals surface area contributed by atoms with Crippen molar-refractivity contribution in [1.29, 1.82) is 0 Å². The molecule has 1 aromatic carbocycles. The van der Waals surface area contributed by atoms with Gasteiger partial charge in [0, 0.05) is 12.7 Å². The van der Waals surface area contributed by atoms with E-state index < -0.39 is 28.9 Å². The number of benzene rings is 1. The highest BCUT2D eigenvalue weighted by Crippen LogP contribution is 2.42. The van der Waals surface area contributed by atoms with Gasteiger partial charge in [0.15, 0.2) is 5.69 Å². The number of anilines is 1. The molecule has 3 rings (SSSR count). The minimum Gasteiger partial charge on any atom is -0.399 e. The monoisotopic (exact) mass is 338 g/mol. The summed E-state index contributed by atoms with van der Waals surface area (Å²) in [4.78, 5) is 12.5. The first-order valence-corrected chi connectivity index (χ1v) is 7.51. The first kappa shape index (κ1) is 16.4. The Bertz CT molecular complexity index is 761. The lowest BCUT2D eigenvalue weighted by molar-refractivity contribution is -0.144. The Kier molecular flexibility index (Phi) is 3.77. The topological polar surface area (TPSA) is 72.9 Å². The Morgan fingerprint density at radius 3 is 2.42 bits per heavy atom. The number of hydrogen-bond donors (Lipinski definition) is 2. The van der Waals surface area contributed by atoms with Gasteiger partial charge < -0.3 is 11.1 Å². The molecule has 0 unspecified atom stereocenters. The number of hydrogen-bond acceptors (Lipinski definition) is 3. The zero-order valence-corrected chi connectivity index (χ0v) is 13.0. The molecule has 3 N–H and O–H groups in total. The Morgan fingerprint density at radius 1 is 1.29 bits per heavy atom. The maximum absolute atomic E-state index is 13.1. The summed E-state index contributed by atoms with van der Waals surface area (Å²) in [6, 6.07) is 7.02. The molecule has 2 aromatic rings. The van der Waals surface area contributed by atoms with E-state index in [1.807, 2.05) is 0 Å². The number of aromatic nitrogens is 2. The van der Waals surface area contributed by atoms with Crippen molar-refractivity contribution in [2.24, 2.45) is 7.05 Å². The van der Waals surface area contributed by atoms with Crippen LogP contribution in [0.25, 0.3) is 0 Å². The van der Waals surface area contributed by atoms with Gasteiger partial charge in [-0.2, -0.15) is 18.3 Å². The largest absolute Gasteiger partial charge is 0.433 e. The number of nitrogen functional groups attached to an aromatic ring is 1. The van der Waals surface area contributed by atoms with E-state index in [1.54, 1.807) is 24.3 Å². The van der Waals surface area contributed by atoms with Crippen LogP contribution in [0.3, 0.4) is 0 Å². The quantitative estimate of drug-likeness (QED) is 0.845. The van der Waals surface area contributed by atoms with Gasteiger partial charge in [-0.3, -0.25) is 9.48 Å². The van der Waals surface area contributed by atoms with E-state index in [1.165, 1.54) is 7.05 Å². The smallest absolute Gasteiger partial charge is 0.399 e. The predicted octanol–water partition coefficient (Wildman–Crippen LogP) is 2.83. The molecule has 1 fully saturated rings. The zero-order valence-electron chi connectivity index (χ0n) is 13.0. The van der Waals surface area contributed by atoms with Crippen molar-refractivity contribution in [2.45, 2.75) is 31.0 Å². The Labute approximate surface area is 136 Å². The van der Waals surface area contributed by atoms with Crippen LogP contribution in [0.5, 0.6) is 0 Å². The van der Waals surface area contributed by atoms with E-state index >= 15 is 0 Å². The van der Waals surface area contributed by atoms with Crippen LogP contribution in [0.15, 0.2) is 30.5 Å². The lowest BCUT2D eigenvalue weighted by Crippen LogP contribution is -2.51. The van der Waals surface area contributed by atoms with Gasteiger partial charge in [0.1, 0.15) is 0 Å². The van der Waals surface area contributed by atoms with Crippen molar-refractivity contribution in [3.8, 4) is 0 Å². The highest BCUT2D eigenvalue weighted by atomic mass is 19.4. The van der Waals surface area contributed by atoms with Crippen LogP contribution < -0.4 is 11.1 Å². The number of halogens is 3. The minimum absolute atomic E-state index is 0.466.